The van der Waals surface area contributed by atoms with Gasteiger partial charge in [0.2, 0.25) is 0 Å². The molecule has 0 aromatic rings. The van der Waals surface area contributed by atoms with Crippen molar-refractivity contribution in [3.8, 4) is 0 Å². The number of amides is 1. The number of alkyl carbamates (subject to hydrolysis) is 1. The van der Waals surface area contributed by atoms with Crippen LogP contribution >= 0.6 is 0 Å². The lowest BCUT2D eigenvalue weighted by atomic mass is 10.5. The molecule has 0 atom stereocenters. The van der Waals surface area contributed by atoms with E-state index in [1.54, 1.807) is 0 Å². The first-order valence-electron chi connectivity index (χ1n) is 2.90. The fourth-order valence-electron chi connectivity index (χ4n) is 0.390. The van der Waals surface area contributed by atoms with Gasteiger partial charge in [0.15, 0.2) is 0 Å². The molecular formula is C7H10N2O2. The minimum atomic E-state index is -0.578. The SMILES string of the molecule is C=CN=C(C=C)NC(=O)OC. The summed E-state index contributed by atoms with van der Waals surface area (Å²) in [5, 5.41) is 2.32. The molecule has 0 aliphatic carbocycles. The largest absolute Gasteiger partial charge is 0.453 e. The first kappa shape index (κ1) is 9.42. The highest BCUT2D eigenvalue weighted by molar-refractivity contribution is 6.02. The molecule has 0 saturated heterocycles. The number of hydrogen-bond donors (Lipinski definition) is 1. The van der Waals surface area contributed by atoms with Crippen molar-refractivity contribution in [3.63, 3.8) is 0 Å². The second kappa shape index (κ2) is 5.22. The van der Waals surface area contributed by atoms with Crippen LogP contribution in [0.15, 0.2) is 30.4 Å². The van der Waals surface area contributed by atoms with Crippen LogP contribution in [0.3, 0.4) is 0 Å². The minimum absolute atomic E-state index is 0.312. The van der Waals surface area contributed by atoms with E-state index in [0.29, 0.717) is 5.84 Å². The molecule has 0 saturated carbocycles. The molecule has 0 fully saturated rings. The number of amidine groups is 1. The quantitative estimate of drug-likeness (QED) is 0.477. The van der Waals surface area contributed by atoms with Crippen molar-refractivity contribution in [2.75, 3.05) is 7.11 Å². The van der Waals surface area contributed by atoms with Crippen LogP contribution in [-0.4, -0.2) is 19.0 Å². The van der Waals surface area contributed by atoms with E-state index < -0.39 is 6.09 Å². The Morgan fingerprint density at radius 2 is 2.27 bits per heavy atom. The zero-order valence-electron chi connectivity index (χ0n) is 6.33. The third kappa shape index (κ3) is 3.91. The molecule has 0 bridgehead atoms. The van der Waals surface area contributed by atoms with Crippen LogP contribution < -0.4 is 5.32 Å². The molecule has 0 unspecified atom stereocenters. The van der Waals surface area contributed by atoms with Gasteiger partial charge in [-0.05, 0) is 6.08 Å². The third-order valence-electron chi connectivity index (χ3n) is 0.839. The summed E-state index contributed by atoms with van der Waals surface area (Å²) < 4.78 is 4.32. The monoisotopic (exact) mass is 154 g/mol. The van der Waals surface area contributed by atoms with Gasteiger partial charge < -0.3 is 4.74 Å². The Morgan fingerprint density at radius 1 is 1.64 bits per heavy atom. The molecule has 0 heterocycles. The Labute approximate surface area is 65.3 Å². The molecule has 1 amide bonds. The topological polar surface area (TPSA) is 50.7 Å². The Hall–Kier alpha value is -1.58. The van der Waals surface area contributed by atoms with Crippen molar-refractivity contribution in [1.82, 2.24) is 5.32 Å². The number of nitrogens with zero attached hydrogens (tertiary/aromatic N) is 1. The van der Waals surface area contributed by atoms with Gasteiger partial charge in [0.25, 0.3) is 0 Å². The Balaban J connectivity index is 4.08. The van der Waals surface area contributed by atoms with Crippen molar-refractivity contribution >= 4 is 11.9 Å². The number of aliphatic imine (C=N–C) groups is 1. The number of nitrogens with one attached hydrogen (secondary N) is 1. The molecule has 0 rings (SSSR count). The number of hydrogen-bond acceptors (Lipinski definition) is 3. The molecule has 0 aliphatic rings. The first-order chi connectivity index (χ1) is 5.24. The van der Waals surface area contributed by atoms with E-state index >= 15 is 0 Å². The summed E-state index contributed by atoms with van der Waals surface area (Å²) in [7, 11) is 1.27. The summed E-state index contributed by atoms with van der Waals surface area (Å²) in [4.78, 5) is 14.2. The molecule has 0 spiro atoms. The van der Waals surface area contributed by atoms with Crippen molar-refractivity contribution < 1.29 is 9.53 Å². The molecule has 0 radical (unpaired) electrons. The first-order valence-corrected chi connectivity index (χ1v) is 2.90. The van der Waals surface area contributed by atoms with E-state index in [2.05, 4.69) is 28.2 Å². The highest BCUT2D eigenvalue weighted by Gasteiger charge is 1.98. The second-order valence-electron chi connectivity index (χ2n) is 1.52. The van der Waals surface area contributed by atoms with Crippen molar-refractivity contribution in [2.45, 2.75) is 0 Å². The maximum absolute atomic E-state index is 10.6. The maximum atomic E-state index is 10.6. The molecule has 4 nitrogen and oxygen atoms in total. The van der Waals surface area contributed by atoms with Crippen LogP contribution in [0, 0.1) is 0 Å². The van der Waals surface area contributed by atoms with E-state index in [0.717, 1.165) is 0 Å². The smallest absolute Gasteiger partial charge is 0.412 e. The average Bonchev–Trinajstić information content (AvgIpc) is 2.03. The summed E-state index contributed by atoms with van der Waals surface area (Å²) in [6.07, 6.45) is 2.11. The fraction of sp³-hybridized carbons (Fsp3) is 0.143. The van der Waals surface area contributed by atoms with Crippen molar-refractivity contribution in [1.29, 1.82) is 0 Å². The van der Waals surface area contributed by atoms with Crippen LogP contribution in [-0.2, 0) is 4.74 Å². The van der Waals surface area contributed by atoms with Gasteiger partial charge in [0.05, 0.1) is 7.11 Å². The van der Waals surface area contributed by atoms with Crippen LogP contribution in [0.5, 0.6) is 0 Å². The summed E-state index contributed by atoms with van der Waals surface area (Å²) in [5.41, 5.74) is 0. The predicted molar refractivity (Wildman–Crippen MR) is 43.4 cm³/mol. The van der Waals surface area contributed by atoms with Gasteiger partial charge in [-0.15, -0.1) is 0 Å². The van der Waals surface area contributed by atoms with Crippen molar-refractivity contribution in [2.24, 2.45) is 4.99 Å². The van der Waals surface area contributed by atoms with E-state index in [1.807, 2.05) is 0 Å². The van der Waals surface area contributed by atoms with Gasteiger partial charge in [-0.25, -0.2) is 9.79 Å². The van der Waals surface area contributed by atoms with Gasteiger partial charge >= 0.3 is 6.09 Å². The molecule has 11 heavy (non-hydrogen) atoms. The molecule has 4 heteroatoms. The van der Waals surface area contributed by atoms with E-state index in [1.165, 1.54) is 19.4 Å². The highest BCUT2D eigenvalue weighted by atomic mass is 16.5. The Bertz CT molecular complexity index is 197. The van der Waals surface area contributed by atoms with Crippen LogP contribution in [0.25, 0.3) is 0 Å². The zero-order valence-corrected chi connectivity index (χ0v) is 6.33. The molecule has 1 N–H and O–H groups in total. The lowest BCUT2D eigenvalue weighted by Crippen LogP contribution is -2.28. The lowest BCUT2D eigenvalue weighted by molar-refractivity contribution is 0.177. The maximum Gasteiger partial charge on any atom is 0.412 e. The Kier molecular flexibility index (Phi) is 4.47. The predicted octanol–water partition coefficient (Wildman–Crippen LogP) is 1.07. The van der Waals surface area contributed by atoms with Gasteiger partial charge in [-0.3, -0.25) is 5.32 Å². The summed E-state index contributed by atoms with van der Waals surface area (Å²) in [6, 6.07) is 0. The number of carbonyl (C=O) groups excluding carboxylic acids is 1. The summed E-state index contributed by atoms with van der Waals surface area (Å²) >= 11 is 0. The average molecular weight is 154 g/mol. The number of rotatable bonds is 2. The molecule has 0 aromatic carbocycles. The Morgan fingerprint density at radius 3 is 2.64 bits per heavy atom. The zero-order chi connectivity index (χ0) is 8.69. The minimum Gasteiger partial charge on any atom is -0.453 e. The molecular weight excluding hydrogens is 144 g/mol. The van der Waals surface area contributed by atoms with Gasteiger partial charge in [0, 0.05) is 6.20 Å². The van der Waals surface area contributed by atoms with E-state index in [4.69, 9.17) is 0 Å². The van der Waals surface area contributed by atoms with Crippen molar-refractivity contribution in [3.05, 3.63) is 25.4 Å². The second-order valence-corrected chi connectivity index (χ2v) is 1.52. The normalized spacial score (nSPS) is 10.1. The van der Waals surface area contributed by atoms with Crippen LogP contribution in [0.1, 0.15) is 0 Å². The van der Waals surface area contributed by atoms with Crippen LogP contribution in [0.2, 0.25) is 0 Å². The fourth-order valence-corrected chi connectivity index (χ4v) is 0.390. The highest BCUT2D eigenvalue weighted by Crippen LogP contribution is 1.79. The number of methoxy groups -OCH3 is 1. The number of carbonyl (C=O) groups is 1. The van der Waals surface area contributed by atoms with Gasteiger partial charge in [-0.1, -0.05) is 13.2 Å². The molecule has 0 aromatic heterocycles. The summed E-state index contributed by atoms with van der Waals surface area (Å²) in [5.74, 6) is 0.312. The lowest BCUT2D eigenvalue weighted by Gasteiger charge is -2.00. The standard InChI is InChI=1S/C7H10N2O2/c1-4-6(8-5-2)9-7(10)11-3/h4-5H,1-2H2,3H3,(H,8,9,10). The van der Waals surface area contributed by atoms with Gasteiger partial charge in [0.1, 0.15) is 5.84 Å². The number of ether oxygens (including phenoxy) is 1. The van der Waals surface area contributed by atoms with Gasteiger partial charge in [-0.2, -0.15) is 0 Å². The molecule has 60 valence electrons. The van der Waals surface area contributed by atoms with E-state index in [9.17, 15) is 4.79 Å². The van der Waals surface area contributed by atoms with E-state index in [-0.39, 0.29) is 0 Å². The molecule has 0 aliphatic heterocycles. The summed E-state index contributed by atoms with van der Waals surface area (Å²) in [6.45, 7) is 6.77. The van der Waals surface area contributed by atoms with Crippen LogP contribution in [0.4, 0.5) is 4.79 Å². The third-order valence-corrected chi connectivity index (χ3v) is 0.839.